The van der Waals surface area contributed by atoms with Crippen molar-refractivity contribution in [1.82, 2.24) is 9.78 Å². The molecule has 3 rings (SSSR count). The Balaban J connectivity index is 1.97. The molecule has 2 aromatic rings. The van der Waals surface area contributed by atoms with E-state index in [1.807, 2.05) is 0 Å². The Morgan fingerprint density at radius 2 is 2.08 bits per heavy atom. The van der Waals surface area contributed by atoms with Crippen molar-refractivity contribution < 1.29 is 27.8 Å². The molecule has 1 unspecified atom stereocenters. The Kier molecular flexibility index (Phi) is 4.77. The van der Waals surface area contributed by atoms with Crippen LogP contribution in [0.3, 0.4) is 0 Å². The summed E-state index contributed by atoms with van der Waals surface area (Å²) in [6, 6.07) is 7.34. The van der Waals surface area contributed by atoms with Crippen molar-refractivity contribution in [3.05, 3.63) is 36.0 Å². The Morgan fingerprint density at radius 1 is 1.29 bits per heavy atom. The number of aromatic nitrogens is 2. The molecule has 1 fully saturated rings. The summed E-state index contributed by atoms with van der Waals surface area (Å²) in [7, 11) is 0. The third-order valence-corrected chi connectivity index (χ3v) is 3.79. The second kappa shape index (κ2) is 6.82. The van der Waals surface area contributed by atoms with Crippen LogP contribution < -0.4 is 4.74 Å². The van der Waals surface area contributed by atoms with E-state index in [-0.39, 0.29) is 24.1 Å². The average Bonchev–Trinajstić information content (AvgIpc) is 2.99. The molecule has 5 nitrogen and oxygen atoms in total. The minimum Gasteiger partial charge on any atom is -0.405 e. The first kappa shape index (κ1) is 16.8. The van der Waals surface area contributed by atoms with Crippen LogP contribution in [0.4, 0.5) is 13.2 Å². The largest absolute Gasteiger partial charge is 0.573 e. The fourth-order valence-electron chi connectivity index (χ4n) is 2.74. The highest BCUT2D eigenvalue weighted by Gasteiger charge is 2.32. The molecule has 1 atom stereocenters. The lowest BCUT2D eigenvalue weighted by molar-refractivity contribution is -0.274. The normalized spacial score (nSPS) is 18.6. The first-order valence-corrected chi connectivity index (χ1v) is 7.64. The molecule has 1 aliphatic rings. The van der Waals surface area contributed by atoms with Crippen molar-refractivity contribution in [2.24, 2.45) is 0 Å². The zero-order chi connectivity index (χ0) is 17.2. The molecule has 0 radical (unpaired) electrons. The number of alkyl halides is 3. The summed E-state index contributed by atoms with van der Waals surface area (Å²) in [6.45, 7) is 0.313. The quantitative estimate of drug-likeness (QED) is 0.922. The van der Waals surface area contributed by atoms with Gasteiger partial charge in [-0.1, -0.05) is 12.1 Å². The van der Waals surface area contributed by atoms with Crippen molar-refractivity contribution in [1.29, 1.82) is 0 Å². The molecule has 8 heteroatoms. The number of para-hydroxylation sites is 1. The predicted molar refractivity (Wildman–Crippen MR) is 79.1 cm³/mol. The van der Waals surface area contributed by atoms with Crippen molar-refractivity contribution in [3.63, 3.8) is 0 Å². The van der Waals surface area contributed by atoms with Gasteiger partial charge in [0, 0.05) is 12.2 Å². The van der Waals surface area contributed by atoms with Crippen LogP contribution in [-0.4, -0.2) is 27.9 Å². The number of rotatable bonds is 4. The zero-order valence-corrected chi connectivity index (χ0v) is 12.8. The van der Waals surface area contributed by atoms with Gasteiger partial charge in [-0.05, 0) is 37.5 Å². The van der Waals surface area contributed by atoms with E-state index in [0.29, 0.717) is 18.0 Å². The first-order valence-electron chi connectivity index (χ1n) is 7.64. The first-order chi connectivity index (χ1) is 11.5. The summed E-state index contributed by atoms with van der Waals surface area (Å²) in [5.41, 5.74) is 0.992. The number of aliphatic hydroxyl groups excluding tert-OH is 1. The van der Waals surface area contributed by atoms with Crippen molar-refractivity contribution in [3.8, 4) is 17.0 Å². The van der Waals surface area contributed by atoms with E-state index in [0.717, 1.165) is 19.3 Å². The maximum atomic E-state index is 12.6. The van der Waals surface area contributed by atoms with Gasteiger partial charge in [-0.15, -0.1) is 13.2 Å². The van der Waals surface area contributed by atoms with Gasteiger partial charge >= 0.3 is 6.36 Å². The number of hydrogen-bond acceptors (Lipinski definition) is 4. The van der Waals surface area contributed by atoms with Gasteiger partial charge in [-0.25, -0.2) is 4.68 Å². The van der Waals surface area contributed by atoms with Gasteiger partial charge < -0.3 is 14.6 Å². The molecule has 0 spiro atoms. The Labute approximate surface area is 136 Å². The number of halogens is 3. The van der Waals surface area contributed by atoms with Crippen LogP contribution in [-0.2, 0) is 11.3 Å². The smallest absolute Gasteiger partial charge is 0.405 e. The summed E-state index contributed by atoms with van der Waals surface area (Å²) < 4.78 is 49.0. The summed E-state index contributed by atoms with van der Waals surface area (Å²) >= 11 is 0. The zero-order valence-electron chi connectivity index (χ0n) is 12.8. The van der Waals surface area contributed by atoms with Crippen molar-refractivity contribution in [2.45, 2.75) is 38.5 Å². The standard InChI is InChI=1S/C16H17F3N2O3/c17-16(18,19)24-14-6-2-1-5-12(14)13-9-11(10-22)21(20-13)15-7-3-4-8-23-15/h1-2,5-6,9,15,22H,3-4,7-8,10H2. The summed E-state index contributed by atoms with van der Waals surface area (Å²) in [5, 5.41) is 13.9. The van der Waals surface area contributed by atoms with E-state index in [2.05, 4.69) is 9.84 Å². The Bertz CT molecular complexity index is 694. The maximum Gasteiger partial charge on any atom is 0.573 e. The van der Waals surface area contributed by atoms with E-state index >= 15 is 0 Å². The molecule has 2 heterocycles. The van der Waals surface area contributed by atoms with Crippen molar-refractivity contribution >= 4 is 0 Å². The summed E-state index contributed by atoms with van der Waals surface area (Å²) in [6.07, 6.45) is -2.43. The van der Waals surface area contributed by atoms with E-state index < -0.39 is 6.36 Å². The van der Waals surface area contributed by atoms with E-state index in [1.54, 1.807) is 16.8 Å². The number of hydrogen-bond donors (Lipinski definition) is 1. The van der Waals surface area contributed by atoms with Gasteiger partial charge in [0.25, 0.3) is 0 Å². The van der Waals surface area contributed by atoms with Crippen LogP contribution in [0.2, 0.25) is 0 Å². The Morgan fingerprint density at radius 3 is 2.75 bits per heavy atom. The van der Waals surface area contributed by atoms with Gasteiger partial charge in [0.1, 0.15) is 5.75 Å². The molecule has 0 bridgehead atoms. The lowest BCUT2D eigenvalue weighted by Crippen LogP contribution is -2.21. The molecule has 1 N–H and O–H groups in total. The molecular formula is C16H17F3N2O3. The van der Waals surface area contributed by atoms with Gasteiger partial charge in [0.05, 0.1) is 18.0 Å². The topological polar surface area (TPSA) is 56.5 Å². The van der Waals surface area contributed by atoms with Crippen LogP contribution in [0.5, 0.6) is 5.75 Å². The molecule has 1 aromatic carbocycles. The lowest BCUT2D eigenvalue weighted by Gasteiger charge is -2.24. The second-order valence-corrected chi connectivity index (χ2v) is 5.49. The van der Waals surface area contributed by atoms with E-state index in [1.165, 1.54) is 18.2 Å². The number of aliphatic hydroxyl groups is 1. The SMILES string of the molecule is OCc1cc(-c2ccccc2OC(F)(F)F)nn1C1CCCCO1. The molecule has 130 valence electrons. The van der Waals surface area contributed by atoms with E-state index in [9.17, 15) is 18.3 Å². The van der Waals surface area contributed by atoms with Crippen LogP contribution in [0, 0.1) is 0 Å². The molecule has 1 aliphatic heterocycles. The van der Waals surface area contributed by atoms with Crippen LogP contribution in [0.25, 0.3) is 11.3 Å². The predicted octanol–water partition coefficient (Wildman–Crippen LogP) is 3.64. The molecular weight excluding hydrogens is 325 g/mol. The highest BCUT2D eigenvalue weighted by molar-refractivity contribution is 5.67. The molecule has 0 amide bonds. The van der Waals surface area contributed by atoms with Crippen LogP contribution in [0.15, 0.2) is 30.3 Å². The minimum atomic E-state index is -4.79. The fourth-order valence-corrected chi connectivity index (χ4v) is 2.74. The average molecular weight is 342 g/mol. The minimum absolute atomic E-state index is 0.207. The second-order valence-electron chi connectivity index (χ2n) is 5.49. The van der Waals surface area contributed by atoms with E-state index in [4.69, 9.17) is 4.74 Å². The van der Waals surface area contributed by atoms with Gasteiger partial charge in [0.2, 0.25) is 0 Å². The van der Waals surface area contributed by atoms with Crippen LogP contribution in [0.1, 0.15) is 31.2 Å². The molecule has 0 aliphatic carbocycles. The Hall–Kier alpha value is -2.06. The third kappa shape index (κ3) is 3.70. The van der Waals surface area contributed by atoms with Crippen molar-refractivity contribution in [2.75, 3.05) is 6.61 Å². The maximum absolute atomic E-state index is 12.6. The summed E-state index contributed by atoms with van der Waals surface area (Å²) in [4.78, 5) is 0. The molecule has 1 aromatic heterocycles. The number of ether oxygens (including phenoxy) is 2. The van der Waals surface area contributed by atoms with Gasteiger partial charge in [-0.3, -0.25) is 0 Å². The van der Waals surface area contributed by atoms with Gasteiger partial charge in [0.15, 0.2) is 6.23 Å². The van der Waals surface area contributed by atoms with Crippen LogP contribution >= 0.6 is 0 Å². The number of nitrogens with zero attached hydrogens (tertiary/aromatic N) is 2. The monoisotopic (exact) mass is 342 g/mol. The molecule has 0 saturated carbocycles. The molecule has 24 heavy (non-hydrogen) atoms. The number of benzene rings is 1. The van der Waals surface area contributed by atoms with Gasteiger partial charge in [-0.2, -0.15) is 5.10 Å². The highest BCUT2D eigenvalue weighted by Crippen LogP contribution is 2.34. The third-order valence-electron chi connectivity index (χ3n) is 3.79. The lowest BCUT2D eigenvalue weighted by atomic mass is 10.1. The molecule has 1 saturated heterocycles. The summed E-state index contributed by atoms with van der Waals surface area (Å²) in [5.74, 6) is -0.330. The highest BCUT2D eigenvalue weighted by atomic mass is 19.4. The fraction of sp³-hybridized carbons (Fsp3) is 0.438.